The molecule has 0 atom stereocenters. The number of benzene rings is 3. The number of hydrogen-bond acceptors (Lipinski definition) is 3. The summed E-state index contributed by atoms with van der Waals surface area (Å²) in [7, 11) is 0. The fourth-order valence-corrected chi connectivity index (χ4v) is 8.10. The zero-order valence-electron chi connectivity index (χ0n) is 24.3. The van der Waals surface area contributed by atoms with Crippen LogP contribution in [0.2, 0.25) is 0 Å². The number of thiophene rings is 2. The zero-order valence-corrected chi connectivity index (χ0v) is 26.0. The summed E-state index contributed by atoms with van der Waals surface area (Å²) in [6.07, 6.45) is 1.13. The molecular weight excluding hydrogens is 511 g/mol. The number of hydrogen-bond donors (Lipinski definition) is 0. The van der Waals surface area contributed by atoms with Gasteiger partial charge in [-0.15, -0.1) is 22.7 Å². The molecule has 0 amide bonds. The van der Waals surface area contributed by atoms with Gasteiger partial charge >= 0.3 is 0 Å². The van der Waals surface area contributed by atoms with Gasteiger partial charge in [-0.3, -0.25) is 0 Å². The van der Waals surface area contributed by atoms with Gasteiger partial charge < -0.3 is 0 Å². The fraction of sp³-hybridized carbons (Fsp3) is 0.306. The molecule has 1 nitrogen and oxygen atoms in total. The van der Waals surface area contributed by atoms with Crippen molar-refractivity contribution < 1.29 is 0 Å². The van der Waals surface area contributed by atoms with Crippen LogP contribution >= 0.6 is 22.7 Å². The number of rotatable bonds is 4. The smallest absolute Gasteiger partial charge is 0.125 e. The Bertz CT molecular complexity index is 1870. The Morgan fingerprint density at radius 1 is 0.795 bits per heavy atom. The monoisotopic (exact) mass is 547 g/mol. The minimum atomic E-state index is 0.0361. The number of pyridine rings is 1. The normalized spacial score (nSPS) is 12.4. The first-order chi connectivity index (χ1) is 18.5. The summed E-state index contributed by atoms with van der Waals surface area (Å²) < 4.78 is 1.39. The lowest BCUT2D eigenvalue weighted by Gasteiger charge is -2.23. The molecule has 3 heterocycles. The molecule has 198 valence electrons. The highest BCUT2D eigenvalue weighted by Gasteiger charge is 2.21. The third-order valence-corrected chi connectivity index (χ3v) is 10.2. The topological polar surface area (TPSA) is 12.9 Å². The van der Waals surface area contributed by atoms with Gasteiger partial charge in [-0.25, -0.2) is 4.98 Å². The molecular formula is C36H37NS2. The molecule has 6 aromatic rings. The maximum absolute atomic E-state index is 5.28. The summed E-state index contributed by atoms with van der Waals surface area (Å²) in [5, 5.41) is 5.32. The highest BCUT2D eigenvalue weighted by molar-refractivity contribution is 7.19. The van der Waals surface area contributed by atoms with Crippen molar-refractivity contribution in [2.75, 3.05) is 0 Å². The minimum absolute atomic E-state index is 0.0361. The fourth-order valence-electron chi connectivity index (χ4n) is 5.91. The van der Waals surface area contributed by atoms with E-state index in [0.717, 1.165) is 16.9 Å². The zero-order chi connectivity index (χ0) is 27.6. The highest BCUT2D eigenvalue weighted by atomic mass is 32.1. The van der Waals surface area contributed by atoms with E-state index in [1.165, 1.54) is 69.4 Å². The van der Waals surface area contributed by atoms with Gasteiger partial charge in [0, 0.05) is 25.4 Å². The minimum Gasteiger partial charge on any atom is -0.237 e. The third-order valence-electron chi connectivity index (χ3n) is 8.02. The molecule has 0 bridgehead atoms. The van der Waals surface area contributed by atoms with Crippen molar-refractivity contribution in [3.8, 4) is 22.4 Å². The molecule has 0 aliphatic rings. The van der Waals surface area contributed by atoms with Crippen molar-refractivity contribution >= 4 is 53.7 Å². The van der Waals surface area contributed by atoms with E-state index in [1.807, 2.05) is 22.7 Å². The van der Waals surface area contributed by atoms with Crippen LogP contribution in [0.15, 0.2) is 60.7 Å². The molecule has 0 saturated heterocycles. The molecule has 0 N–H and O–H groups in total. The van der Waals surface area contributed by atoms with Gasteiger partial charge in [-0.2, -0.15) is 0 Å². The number of aryl methyl sites for hydroxylation is 3. The number of aromatic nitrogens is 1. The van der Waals surface area contributed by atoms with Crippen LogP contribution in [-0.4, -0.2) is 4.98 Å². The summed E-state index contributed by atoms with van der Waals surface area (Å²) in [5.41, 5.74) is 9.09. The van der Waals surface area contributed by atoms with E-state index in [1.54, 1.807) is 0 Å². The van der Waals surface area contributed by atoms with Crippen LogP contribution in [0.5, 0.6) is 0 Å². The molecule has 0 radical (unpaired) electrons. The Morgan fingerprint density at radius 2 is 1.56 bits per heavy atom. The lowest BCUT2D eigenvalue weighted by molar-refractivity contribution is 0.596. The summed E-state index contributed by atoms with van der Waals surface area (Å²) >= 11 is 3.76. The lowest BCUT2D eigenvalue weighted by Crippen LogP contribution is -2.12. The molecule has 3 heteroatoms. The molecule has 0 aliphatic carbocycles. The number of nitrogens with zero attached hydrogens (tertiary/aromatic N) is 1. The quantitative estimate of drug-likeness (QED) is 0.214. The van der Waals surface area contributed by atoms with E-state index in [-0.39, 0.29) is 5.41 Å². The van der Waals surface area contributed by atoms with Crippen LogP contribution in [0, 0.1) is 26.7 Å². The number of fused-ring (bicyclic) bond motifs is 3. The molecule has 39 heavy (non-hydrogen) atoms. The molecule has 3 aromatic heterocycles. The van der Waals surface area contributed by atoms with Crippen LogP contribution in [-0.2, 0) is 11.8 Å². The molecule has 0 saturated carbocycles. The molecule has 0 spiro atoms. The van der Waals surface area contributed by atoms with Crippen molar-refractivity contribution in [3.05, 3.63) is 87.1 Å². The standard InChI is InChI=1S/C36H37NS2/c1-20(2)15-29-23(5)38-33-18-25(13-14-28(29)33)30-19-32(37-35-34(30)21(3)22(4)39-35)26-16-24-11-9-10-12-27(24)31(17-26)36(6,7)8/h9-14,16-20H,15H2,1-8H3. The van der Waals surface area contributed by atoms with Gasteiger partial charge in [0.15, 0.2) is 0 Å². The maximum Gasteiger partial charge on any atom is 0.125 e. The SMILES string of the molecule is Cc1sc2cc(-c3cc(-c4cc(C(C)(C)C)c5ccccc5c4)nc4sc(C)c(C)c34)ccc2c1CC(C)C. The Balaban J connectivity index is 1.60. The molecule has 0 aliphatic heterocycles. The first kappa shape index (κ1) is 26.2. The van der Waals surface area contributed by atoms with Crippen LogP contribution < -0.4 is 0 Å². The lowest BCUT2D eigenvalue weighted by atomic mass is 9.82. The van der Waals surface area contributed by atoms with E-state index in [4.69, 9.17) is 4.98 Å². The van der Waals surface area contributed by atoms with Gasteiger partial charge in [0.2, 0.25) is 0 Å². The second-order valence-electron chi connectivity index (χ2n) is 12.5. The molecule has 0 fully saturated rings. The first-order valence-electron chi connectivity index (χ1n) is 14.0. The van der Waals surface area contributed by atoms with Gasteiger partial charge in [0.1, 0.15) is 4.83 Å². The molecule has 3 aromatic carbocycles. The Morgan fingerprint density at radius 3 is 2.31 bits per heavy atom. The van der Waals surface area contributed by atoms with Crippen molar-refractivity contribution in [2.45, 2.75) is 67.2 Å². The molecule has 0 unspecified atom stereocenters. The van der Waals surface area contributed by atoms with E-state index in [9.17, 15) is 0 Å². The summed E-state index contributed by atoms with van der Waals surface area (Å²) in [5.74, 6) is 0.653. The maximum atomic E-state index is 5.28. The van der Waals surface area contributed by atoms with Crippen LogP contribution in [0.25, 0.3) is 53.5 Å². The van der Waals surface area contributed by atoms with Gasteiger partial charge in [0.05, 0.1) is 5.69 Å². The van der Waals surface area contributed by atoms with Crippen molar-refractivity contribution in [1.29, 1.82) is 0 Å². The second kappa shape index (κ2) is 9.57. The summed E-state index contributed by atoms with van der Waals surface area (Å²) in [4.78, 5) is 9.20. The van der Waals surface area contributed by atoms with Crippen LogP contribution in [0.3, 0.4) is 0 Å². The van der Waals surface area contributed by atoms with Crippen molar-refractivity contribution in [1.82, 2.24) is 4.98 Å². The third kappa shape index (κ3) is 4.60. The average Bonchev–Trinajstić information content (AvgIpc) is 3.35. The Kier molecular flexibility index (Phi) is 6.44. The highest BCUT2D eigenvalue weighted by Crippen LogP contribution is 2.43. The van der Waals surface area contributed by atoms with Gasteiger partial charge in [-0.05, 0) is 107 Å². The Labute approximate surface area is 240 Å². The largest absolute Gasteiger partial charge is 0.237 e. The Hall–Kier alpha value is -3.01. The summed E-state index contributed by atoms with van der Waals surface area (Å²) in [6.45, 7) is 18.3. The predicted molar refractivity (Wildman–Crippen MR) is 175 cm³/mol. The van der Waals surface area contributed by atoms with E-state index in [0.29, 0.717) is 5.92 Å². The first-order valence-corrected chi connectivity index (χ1v) is 15.6. The predicted octanol–water partition coefficient (Wildman–Crippen LogP) is 11.4. The summed E-state index contributed by atoms with van der Waals surface area (Å²) in [6, 6.07) is 22.9. The van der Waals surface area contributed by atoms with E-state index in [2.05, 4.69) is 116 Å². The van der Waals surface area contributed by atoms with Gasteiger partial charge in [-0.1, -0.05) is 71.0 Å². The molecule has 6 rings (SSSR count). The second-order valence-corrected chi connectivity index (χ2v) is 14.9. The van der Waals surface area contributed by atoms with Crippen molar-refractivity contribution in [2.24, 2.45) is 5.92 Å². The van der Waals surface area contributed by atoms with E-state index < -0.39 is 0 Å². The van der Waals surface area contributed by atoms with Crippen LogP contribution in [0.1, 0.15) is 61.1 Å². The van der Waals surface area contributed by atoms with Crippen molar-refractivity contribution in [3.63, 3.8) is 0 Å². The van der Waals surface area contributed by atoms with Gasteiger partial charge in [0.25, 0.3) is 0 Å². The average molecular weight is 548 g/mol. The van der Waals surface area contributed by atoms with E-state index >= 15 is 0 Å². The van der Waals surface area contributed by atoms with Crippen LogP contribution in [0.4, 0.5) is 0 Å².